The normalized spacial score (nSPS) is 15.8. The number of carboxylic acids is 1. The van der Waals surface area contributed by atoms with Crippen molar-refractivity contribution in [1.29, 1.82) is 0 Å². The maximum Gasteiger partial charge on any atom is 0.354 e. The molecule has 0 saturated carbocycles. The number of rotatable bonds is 3. The van der Waals surface area contributed by atoms with Gasteiger partial charge in [0.1, 0.15) is 5.82 Å². The molecule has 3 heterocycles. The van der Waals surface area contributed by atoms with Crippen LogP contribution in [0.2, 0.25) is 0 Å². The summed E-state index contributed by atoms with van der Waals surface area (Å²) < 4.78 is 1.77. The van der Waals surface area contributed by atoms with Crippen molar-refractivity contribution < 1.29 is 9.90 Å². The summed E-state index contributed by atoms with van der Waals surface area (Å²) >= 11 is 0. The smallest absolute Gasteiger partial charge is 0.354 e. The van der Waals surface area contributed by atoms with Gasteiger partial charge in [-0.15, -0.1) is 0 Å². The maximum atomic E-state index is 11.2. The highest BCUT2D eigenvalue weighted by atomic mass is 16.4. The minimum atomic E-state index is -0.995. The second kappa shape index (κ2) is 5.11. The largest absolute Gasteiger partial charge is 0.477 e. The number of hydrogen-bond donors (Lipinski definition) is 1. The van der Waals surface area contributed by atoms with Crippen molar-refractivity contribution in [2.75, 3.05) is 18.0 Å². The number of fused-ring (bicyclic) bond motifs is 1. The van der Waals surface area contributed by atoms with Crippen LogP contribution in [0.15, 0.2) is 12.1 Å². The fraction of sp³-hybridized carbons (Fsp3) is 0.500. The molecule has 6 heteroatoms. The van der Waals surface area contributed by atoms with Gasteiger partial charge in [-0.1, -0.05) is 6.92 Å². The molecule has 1 fully saturated rings. The first-order chi connectivity index (χ1) is 9.69. The third kappa shape index (κ3) is 2.21. The van der Waals surface area contributed by atoms with Gasteiger partial charge in [-0.3, -0.25) is 0 Å². The lowest BCUT2D eigenvalue weighted by Gasteiger charge is -2.28. The molecular formula is C14H18N4O2. The van der Waals surface area contributed by atoms with E-state index < -0.39 is 5.97 Å². The van der Waals surface area contributed by atoms with Gasteiger partial charge in [0.15, 0.2) is 11.3 Å². The lowest BCUT2D eigenvalue weighted by atomic mass is 10.1. The molecular weight excluding hydrogens is 256 g/mol. The second-order valence-corrected chi connectivity index (χ2v) is 5.11. The van der Waals surface area contributed by atoms with Crippen LogP contribution in [0.25, 0.3) is 5.65 Å². The molecule has 0 radical (unpaired) electrons. The summed E-state index contributed by atoms with van der Waals surface area (Å²) in [5, 5.41) is 13.7. The third-order valence-corrected chi connectivity index (χ3v) is 3.72. The number of aryl methyl sites for hydroxylation is 1. The van der Waals surface area contributed by atoms with Gasteiger partial charge in [-0.25, -0.2) is 9.78 Å². The van der Waals surface area contributed by atoms with E-state index in [4.69, 9.17) is 0 Å². The van der Waals surface area contributed by atoms with E-state index in [1.807, 2.05) is 13.0 Å². The number of carboxylic acid groups (broad SMARTS) is 1. The zero-order valence-electron chi connectivity index (χ0n) is 11.5. The Kier molecular flexibility index (Phi) is 3.30. The number of hydrogen-bond acceptors (Lipinski definition) is 4. The van der Waals surface area contributed by atoms with Crippen LogP contribution in [0.1, 0.15) is 42.4 Å². The fourth-order valence-electron chi connectivity index (χ4n) is 2.64. The van der Waals surface area contributed by atoms with Crippen molar-refractivity contribution in [3.8, 4) is 0 Å². The van der Waals surface area contributed by atoms with Gasteiger partial charge in [0.25, 0.3) is 0 Å². The molecule has 0 amide bonds. The van der Waals surface area contributed by atoms with Gasteiger partial charge in [-0.2, -0.15) is 9.61 Å². The Hall–Kier alpha value is -2.11. The van der Waals surface area contributed by atoms with Crippen molar-refractivity contribution in [2.45, 2.75) is 32.6 Å². The highest BCUT2D eigenvalue weighted by molar-refractivity contribution is 5.87. The van der Waals surface area contributed by atoms with Crippen molar-refractivity contribution >= 4 is 17.4 Å². The number of nitrogens with zero attached hydrogens (tertiary/aromatic N) is 4. The molecule has 2 aromatic rings. The van der Waals surface area contributed by atoms with Crippen LogP contribution in [0.5, 0.6) is 0 Å². The van der Waals surface area contributed by atoms with E-state index in [2.05, 4.69) is 15.0 Å². The Morgan fingerprint density at radius 3 is 2.70 bits per heavy atom. The molecule has 0 unspecified atom stereocenters. The van der Waals surface area contributed by atoms with Crippen molar-refractivity contribution in [2.24, 2.45) is 0 Å². The monoisotopic (exact) mass is 274 g/mol. The Morgan fingerprint density at radius 2 is 2.05 bits per heavy atom. The van der Waals surface area contributed by atoms with Crippen molar-refractivity contribution in [1.82, 2.24) is 14.6 Å². The minimum Gasteiger partial charge on any atom is -0.477 e. The zero-order chi connectivity index (χ0) is 14.1. The van der Waals surface area contributed by atoms with Crippen molar-refractivity contribution in [3.05, 3.63) is 23.5 Å². The van der Waals surface area contributed by atoms with Crippen LogP contribution in [0.4, 0.5) is 5.82 Å². The molecule has 0 aromatic carbocycles. The number of aromatic carboxylic acids is 1. The summed E-state index contributed by atoms with van der Waals surface area (Å²) in [6.07, 6.45) is 4.31. The molecule has 0 atom stereocenters. The lowest BCUT2D eigenvalue weighted by Crippen LogP contribution is -2.31. The summed E-state index contributed by atoms with van der Waals surface area (Å²) in [4.78, 5) is 17.6. The van der Waals surface area contributed by atoms with E-state index >= 15 is 0 Å². The number of piperidine rings is 1. The van der Waals surface area contributed by atoms with Gasteiger partial charge in [0.05, 0.1) is 5.69 Å². The van der Waals surface area contributed by atoms with Crippen LogP contribution in [-0.2, 0) is 6.42 Å². The number of aromatic nitrogens is 3. The number of carbonyl (C=O) groups is 1. The molecule has 6 nitrogen and oxygen atoms in total. The Morgan fingerprint density at radius 1 is 1.30 bits per heavy atom. The van der Waals surface area contributed by atoms with Crippen LogP contribution in [0, 0.1) is 0 Å². The topological polar surface area (TPSA) is 70.7 Å². The van der Waals surface area contributed by atoms with Crippen LogP contribution in [-0.4, -0.2) is 38.8 Å². The lowest BCUT2D eigenvalue weighted by molar-refractivity contribution is 0.0690. The highest BCUT2D eigenvalue weighted by Crippen LogP contribution is 2.22. The van der Waals surface area contributed by atoms with E-state index in [9.17, 15) is 9.90 Å². The Balaban J connectivity index is 2.15. The van der Waals surface area contributed by atoms with Crippen LogP contribution >= 0.6 is 0 Å². The molecule has 20 heavy (non-hydrogen) atoms. The van der Waals surface area contributed by atoms with Crippen LogP contribution < -0.4 is 4.90 Å². The molecule has 1 N–H and O–H groups in total. The quantitative estimate of drug-likeness (QED) is 0.926. The summed E-state index contributed by atoms with van der Waals surface area (Å²) in [7, 11) is 0. The molecule has 106 valence electrons. The summed E-state index contributed by atoms with van der Waals surface area (Å²) in [5.41, 5.74) is 1.63. The zero-order valence-corrected chi connectivity index (χ0v) is 11.5. The van der Waals surface area contributed by atoms with E-state index in [0.717, 1.165) is 43.9 Å². The molecule has 1 aliphatic rings. The molecule has 0 bridgehead atoms. The van der Waals surface area contributed by atoms with Gasteiger partial charge in [0.2, 0.25) is 0 Å². The molecule has 2 aromatic heterocycles. The van der Waals surface area contributed by atoms with E-state index in [1.165, 1.54) is 6.42 Å². The standard InChI is InChI=1S/C14H18N4O2/c1-2-10-8-12-15-11(14(19)20)9-13(18(12)16-10)17-6-4-3-5-7-17/h8-9H,2-7H2,1H3,(H,19,20). The van der Waals surface area contributed by atoms with E-state index in [1.54, 1.807) is 10.6 Å². The predicted molar refractivity (Wildman–Crippen MR) is 75.4 cm³/mol. The minimum absolute atomic E-state index is 0.0839. The SMILES string of the molecule is CCc1cc2nc(C(=O)O)cc(N3CCCCC3)n2n1. The predicted octanol–water partition coefficient (Wildman–Crippen LogP) is 1.98. The molecule has 3 rings (SSSR count). The first-order valence-corrected chi connectivity index (χ1v) is 7.07. The second-order valence-electron chi connectivity index (χ2n) is 5.11. The fourth-order valence-corrected chi connectivity index (χ4v) is 2.64. The molecule has 0 spiro atoms. The first kappa shape index (κ1) is 12.9. The molecule has 1 saturated heterocycles. The first-order valence-electron chi connectivity index (χ1n) is 7.07. The molecule has 0 aliphatic carbocycles. The highest BCUT2D eigenvalue weighted by Gasteiger charge is 2.19. The van der Waals surface area contributed by atoms with Crippen molar-refractivity contribution in [3.63, 3.8) is 0 Å². The average Bonchev–Trinajstić information content (AvgIpc) is 2.90. The summed E-state index contributed by atoms with van der Waals surface area (Å²) in [5.74, 6) is -0.156. The average molecular weight is 274 g/mol. The summed E-state index contributed by atoms with van der Waals surface area (Å²) in [6, 6.07) is 3.49. The molecule has 1 aliphatic heterocycles. The van der Waals surface area contributed by atoms with Gasteiger partial charge >= 0.3 is 5.97 Å². The Bertz CT molecular complexity index is 644. The van der Waals surface area contributed by atoms with Gasteiger partial charge in [-0.05, 0) is 25.7 Å². The van der Waals surface area contributed by atoms with E-state index in [-0.39, 0.29) is 5.69 Å². The van der Waals surface area contributed by atoms with Crippen LogP contribution in [0.3, 0.4) is 0 Å². The maximum absolute atomic E-state index is 11.2. The van der Waals surface area contributed by atoms with E-state index in [0.29, 0.717) is 5.65 Å². The summed E-state index contributed by atoms with van der Waals surface area (Å²) in [6.45, 7) is 3.92. The number of anilines is 1. The van der Waals surface area contributed by atoms with Gasteiger partial charge < -0.3 is 10.0 Å². The Labute approximate surface area is 117 Å². The third-order valence-electron chi connectivity index (χ3n) is 3.72. The van der Waals surface area contributed by atoms with Gasteiger partial charge in [0, 0.05) is 25.2 Å².